The summed E-state index contributed by atoms with van der Waals surface area (Å²) in [5, 5.41) is 0. The molecule has 0 spiro atoms. The second-order valence-electron chi connectivity index (χ2n) is 5.38. The lowest BCUT2D eigenvalue weighted by atomic mass is 9.98. The first-order valence-electron chi connectivity index (χ1n) is 6.99. The van der Waals surface area contributed by atoms with Crippen molar-refractivity contribution in [1.82, 2.24) is 4.90 Å². The van der Waals surface area contributed by atoms with Gasteiger partial charge >= 0.3 is 0 Å². The fourth-order valence-electron chi connectivity index (χ4n) is 3.05. The molecule has 1 aliphatic heterocycles. The topological polar surface area (TPSA) is 81.6 Å². The number of methoxy groups -OCH3 is 1. The number of ether oxygens (including phenoxy) is 1. The van der Waals surface area contributed by atoms with Gasteiger partial charge in [0.25, 0.3) is 0 Å². The molecule has 1 fully saturated rings. The largest absolute Gasteiger partial charge is 0.497 e. The number of hydrogen-bond acceptors (Lipinski definition) is 4. The molecule has 4 N–H and O–H groups in total. The van der Waals surface area contributed by atoms with Crippen molar-refractivity contribution in [3.8, 4) is 5.75 Å². The van der Waals surface area contributed by atoms with E-state index in [1.54, 1.807) is 7.11 Å². The summed E-state index contributed by atoms with van der Waals surface area (Å²) in [5.41, 5.74) is 12.7. The van der Waals surface area contributed by atoms with E-state index in [9.17, 15) is 4.79 Å². The molecule has 0 aliphatic carbocycles. The zero-order chi connectivity index (χ0) is 14.7. The SMILES string of the molecule is COc1cccc(C(C(C)N)N2CCCC2C(N)=O)c1. The van der Waals surface area contributed by atoms with Crippen LogP contribution in [0.2, 0.25) is 0 Å². The summed E-state index contributed by atoms with van der Waals surface area (Å²) in [4.78, 5) is 13.7. The smallest absolute Gasteiger partial charge is 0.234 e. The quantitative estimate of drug-likeness (QED) is 0.842. The molecule has 1 saturated heterocycles. The molecule has 1 aliphatic rings. The molecule has 3 atom stereocenters. The maximum absolute atomic E-state index is 11.6. The predicted molar refractivity (Wildman–Crippen MR) is 78.3 cm³/mol. The Morgan fingerprint density at radius 1 is 1.50 bits per heavy atom. The highest BCUT2D eigenvalue weighted by Crippen LogP contribution is 2.32. The summed E-state index contributed by atoms with van der Waals surface area (Å²) in [6, 6.07) is 7.50. The predicted octanol–water partition coefficient (Wildman–Crippen LogP) is 1.03. The van der Waals surface area contributed by atoms with Crippen LogP contribution in [0.4, 0.5) is 0 Å². The summed E-state index contributed by atoms with van der Waals surface area (Å²) in [7, 11) is 1.64. The molecule has 2 rings (SSSR count). The fourth-order valence-corrected chi connectivity index (χ4v) is 3.05. The van der Waals surface area contributed by atoms with E-state index < -0.39 is 0 Å². The van der Waals surface area contributed by atoms with Crippen LogP contribution in [-0.4, -0.2) is 36.5 Å². The Kier molecular flexibility index (Phi) is 4.62. The second-order valence-corrected chi connectivity index (χ2v) is 5.38. The molecule has 0 aromatic heterocycles. The van der Waals surface area contributed by atoms with Gasteiger partial charge in [-0.2, -0.15) is 0 Å². The summed E-state index contributed by atoms with van der Waals surface area (Å²) < 4.78 is 5.27. The van der Waals surface area contributed by atoms with Gasteiger partial charge in [-0.05, 0) is 44.0 Å². The average Bonchev–Trinajstić information content (AvgIpc) is 2.88. The molecule has 0 bridgehead atoms. The van der Waals surface area contributed by atoms with Gasteiger partial charge < -0.3 is 16.2 Å². The van der Waals surface area contributed by atoms with Crippen LogP contribution in [0.3, 0.4) is 0 Å². The van der Waals surface area contributed by atoms with Crippen LogP contribution in [0.1, 0.15) is 31.4 Å². The zero-order valence-electron chi connectivity index (χ0n) is 12.1. The lowest BCUT2D eigenvalue weighted by molar-refractivity contribution is -0.123. The average molecular weight is 277 g/mol. The first-order chi connectivity index (χ1) is 9.54. The molecule has 1 heterocycles. The van der Waals surface area contributed by atoms with E-state index in [2.05, 4.69) is 4.90 Å². The normalized spacial score (nSPS) is 22.4. The van der Waals surface area contributed by atoms with E-state index in [0.717, 1.165) is 30.7 Å². The third kappa shape index (κ3) is 2.94. The van der Waals surface area contributed by atoms with Crippen LogP contribution >= 0.6 is 0 Å². The van der Waals surface area contributed by atoms with Crippen LogP contribution in [0.5, 0.6) is 5.75 Å². The van der Waals surface area contributed by atoms with Crippen molar-refractivity contribution in [2.24, 2.45) is 11.5 Å². The minimum absolute atomic E-state index is 0.0231. The maximum Gasteiger partial charge on any atom is 0.234 e. The molecule has 1 aromatic carbocycles. The van der Waals surface area contributed by atoms with Crippen molar-refractivity contribution in [2.75, 3.05) is 13.7 Å². The van der Waals surface area contributed by atoms with Crippen LogP contribution < -0.4 is 16.2 Å². The van der Waals surface area contributed by atoms with Crippen molar-refractivity contribution in [3.05, 3.63) is 29.8 Å². The van der Waals surface area contributed by atoms with Crippen molar-refractivity contribution in [3.63, 3.8) is 0 Å². The van der Waals surface area contributed by atoms with Crippen molar-refractivity contribution in [1.29, 1.82) is 0 Å². The molecule has 20 heavy (non-hydrogen) atoms. The Bertz CT molecular complexity index is 476. The second kappa shape index (κ2) is 6.24. The summed E-state index contributed by atoms with van der Waals surface area (Å²) in [5.74, 6) is 0.527. The van der Waals surface area contributed by atoms with Crippen LogP contribution in [0.15, 0.2) is 24.3 Å². The van der Waals surface area contributed by atoms with E-state index in [-0.39, 0.29) is 24.0 Å². The summed E-state index contributed by atoms with van der Waals surface area (Å²) in [6.45, 7) is 2.80. The van der Waals surface area contributed by atoms with Gasteiger partial charge in [-0.15, -0.1) is 0 Å². The molecule has 1 aromatic rings. The van der Waals surface area contributed by atoms with Crippen molar-refractivity contribution >= 4 is 5.91 Å². The summed E-state index contributed by atoms with van der Waals surface area (Å²) >= 11 is 0. The molecule has 5 nitrogen and oxygen atoms in total. The Morgan fingerprint density at radius 3 is 2.85 bits per heavy atom. The van der Waals surface area contributed by atoms with E-state index in [1.807, 2.05) is 31.2 Å². The van der Waals surface area contributed by atoms with Gasteiger partial charge in [0.1, 0.15) is 5.75 Å². The highest BCUT2D eigenvalue weighted by molar-refractivity contribution is 5.80. The number of nitrogens with two attached hydrogens (primary N) is 2. The van der Waals surface area contributed by atoms with E-state index in [1.165, 1.54) is 0 Å². The van der Waals surface area contributed by atoms with Gasteiger partial charge in [0, 0.05) is 6.04 Å². The molecular weight excluding hydrogens is 254 g/mol. The highest BCUT2D eigenvalue weighted by atomic mass is 16.5. The lowest BCUT2D eigenvalue weighted by Crippen LogP contribution is -2.47. The number of likely N-dealkylation sites (tertiary alicyclic amines) is 1. The minimum atomic E-state index is -0.268. The molecular formula is C15H23N3O2. The third-order valence-corrected chi connectivity index (χ3v) is 3.91. The van der Waals surface area contributed by atoms with Gasteiger partial charge in [-0.25, -0.2) is 0 Å². The van der Waals surface area contributed by atoms with E-state index in [0.29, 0.717) is 0 Å². The summed E-state index contributed by atoms with van der Waals surface area (Å²) in [6.07, 6.45) is 1.78. The first-order valence-corrected chi connectivity index (χ1v) is 6.99. The van der Waals surface area contributed by atoms with Crippen LogP contribution in [-0.2, 0) is 4.79 Å². The Hall–Kier alpha value is -1.59. The molecule has 3 unspecified atom stereocenters. The number of carbonyl (C=O) groups is 1. The standard InChI is InChI=1S/C15H23N3O2/c1-10(16)14(11-5-3-6-12(9-11)20-2)18-8-4-7-13(18)15(17)19/h3,5-6,9-10,13-14H,4,7-8,16H2,1-2H3,(H2,17,19). The van der Waals surface area contributed by atoms with Gasteiger partial charge in [-0.3, -0.25) is 9.69 Å². The number of rotatable bonds is 5. The van der Waals surface area contributed by atoms with Crippen LogP contribution in [0, 0.1) is 0 Å². The number of carbonyl (C=O) groups excluding carboxylic acids is 1. The first kappa shape index (κ1) is 14.8. The van der Waals surface area contributed by atoms with Gasteiger partial charge in [0.2, 0.25) is 5.91 Å². The maximum atomic E-state index is 11.6. The number of hydrogen-bond donors (Lipinski definition) is 2. The highest BCUT2D eigenvalue weighted by Gasteiger charge is 2.36. The fraction of sp³-hybridized carbons (Fsp3) is 0.533. The lowest BCUT2D eigenvalue weighted by Gasteiger charge is -2.34. The molecule has 1 amide bonds. The molecule has 0 radical (unpaired) electrons. The minimum Gasteiger partial charge on any atom is -0.497 e. The molecule has 5 heteroatoms. The number of primary amides is 1. The Balaban J connectivity index is 2.33. The van der Waals surface area contributed by atoms with Crippen molar-refractivity contribution in [2.45, 2.75) is 37.9 Å². The van der Waals surface area contributed by atoms with Crippen molar-refractivity contribution < 1.29 is 9.53 Å². The van der Waals surface area contributed by atoms with E-state index in [4.69, 9.17) is 16.2 Å². The number of benzene rings is 1. The molecule has 110 valence electrons. The van der Waals surface area contributed by atoms with Crippen LogP contribution in [0.25, 0.3) is 0 Å². The third-order valence-electron chi connectivity index (χ3n) is 3.91. The Labute approximate surface area is 119 Å². The van der Waals surface area contributed by atoms with E-state index >= 15 is 0 Å². The number of amides is 1. The number of nitrogens with zero attached hydrogens (tertiary/aromatic N) is 1. The zero-order valence-corrected chi connectivity index (χ0v) is 12.1. The Morgan fingerprint density at radius 2 is 2.25 bits per heavy atom. The molecule has 0 saturated carbocycles. The van der Waals surface area contributed by atoms with Gasteiger partial charge in [-0.1, -0.05) is 12.1 Å². The van der Waals surface area contributed by atoms with Gasteiger partial charge in [0.15, 0.2) is 0 Å². The van der Waals surface area contributed by atoms with Gasteiger partial charge in [0.05, 0.1) is 19.2 Å². The monoisotopic (exact) mass is 277 g/mol.